The summed E-state index contributed by atoms with van der Waals surface area (Å²) in [6.07, 6.45) is 1.56. The number of aromatic nitrogens is 1. The second-order valence-corrected chi connectivity index (χ2v) is 6.67. The third kappa shape index (κ3) is 4.09. The highest BCUT2D eigenvalue weighted by molar-refractivity contribution is 6.15. The quantitative estimate of drug-likeness (QED) is 0.352. The summed E-state index contributed by atoms with van der Waals surface area (Å²) in [6, 6.07) is 14.3. The van der Waals surface area contributed by atoms with E-state index in [0.29, 0.717) is 28.3 Å². The number of carbonyl (C=O) groups excluding carboxylic acids is 2. The van der Waals surface area contributed by atoms with Crippen LogP contribution in [0.5, 0.6) is 11.5 Å². The van der Waals surface area contributed by atoms with Crippen molar-refractivity contribution in [3.63, 3.8) is 0 Å². The molecule has 8 nitrogen and oxygen atoms in total. The second-order valence-electron chi connectivity index (χ2n) is 6.67. The Morgan fingerprint density at radius 3 is 2.58 bits per heavy atom. The Bertz CT molecular complexity index is 1220. The summed E-state index contributed by atoms with van der Waals surface area (Å²) >= 11 is 0. The zero-order valence-corrected chi connectivity index (χ0v) is 17.0. The Hall–Kier alpha value is -4.20. The lowest BCUT2D eigenvalue weighted by Crippen LogP contribution is -2.07. The van der Waals surface area contributed by atoms with Crippen LogP contribution in [0.25, 0.3) is 17.3 Å². The highest BCUT2D eigenvalue weighted by Crippen LogP contribution is 2.31. The number of ether oxygens (including phenoxy) is 3. The van der Waals surface area contributed by atoms with Gasteiger partial charge in [-0.05, 0) is 30.7 Å². The van der Waals surface area contributed by atoms with Gasteiger partial charge < -0.3 is 18.7 Å². The van der Waals surface area contributed by atoms with Gasteiger partial charge >= 0.3 is 11.9 Å². The molecule has 0 radical (unpaired) electrons. The minimum atomic E-state index is -0.599. The highest BCUT2D eigenvalue weighted by atomic mass is 16.6. The van der Waals surface area contributed by atoms with E-state index >= 15 is 0 Å². The van der Waals surface area contributed by atoms with Crippen molar-refractivity contribution in [3.8, 4) is 22.8 Å². The highest BCUT2D eigenvalue weighted by Gasteiger charge is 2.30. The van der Waals surface area contributed by atoms with Gasteiger partial charge in [0.05, 0.1) is 7.11 Å². The first-order valence-electron chi connectivity index (χ1n) is 9.37. The first kappa shape index (κ1) is 20.1. The molecule has 1 aliphatic rings. The maximum Gasteiger partial charge on any atom is 0.363 e. The molecule has 0 saturated heterocycles. The number of aliphatic imine (C=N–C) groups is 1. The van der Waals surface area contributed by atoms with Crippen LogP contribution in [0.4, 0.5) is 0 Å². The van der Waals surface area contributed by atoms with Crippen molar-refractivity contribution >= 4 is 23.9 Å². The van der Waals surface area contributed by atoms with E-state index in [1.807, 2.05) is 30.3 Å². The van der Waals surface area contributed by atoms with Crippen LogP contribution in [-0.2, 0) is 14.3 Å². The summed E-state index contributed by atoms with van der Waals surface area (Å²) < 4.78 is 21.1. The minimum absolute atomic E-state index is 0.108. The summed E-state index contributed by atoms with van der Waals surface area (Å²) in [5, 5.41) is 4.10. The van der Waals surface area contributed by atoms with Crippen molar-refractivity contribution in [1.82, 2.24) is 5.16 Å². The molecule has 0 saturated carbocycles. The molecule has 0 fully saturated rings. The molecule has 3 aromatic rings. The Morgan fingerprint density at radius 2 is 1.87 bits per heavy atom. The van der Waals surface area contributed by atoms with E-state index < -0.39 is 11.9 Å². The predicted octanol–water partition coefficient (Wildman–Crippen LogP) is 3.93. The van der Waals surface area contributed by atoms with E-state index in [1.165, 1.54) is 14.0 Å². The van der Waals surface area contributed by atoms with Gasteiger partial charge in [0, 0.05) is 12.5 Å². The predicted molar refractivity (Wildman–Crippen MR) is 112 cm³/mol. The standard InChI is InChI=1S/C23H18N2O6/c1-13-20(21(25-31-13)16-7-5-4-6-8-16)22-24-17(23(27)30-22)11-15-9-10-18(29-14(2)26)19(12-15)28-3/h4-12H,1-3H3/b17-11-. The van der Waals surface area contributed by atoms with Crippen molar-refractivity contribution in [2.75, 3.05) is 7.11 Å². The third-order valence-electron chi connectivity index (χ3n) is 4.49. The maximum absolute atomic E-state index is 12.5. The van der Waals surface area contributed by atoms with Gasteiger partial charge in [-0.1, -0.05) is 41.6 Å². The molecule has 31 heavy (non-hydrogen) atoms. The number of nitrogens with zero attached hydrogens (tertiary/aromatic N) is 2. The molecule has 156 valence electrons. The minimum Gasteiger partial charge on any atom is -0.493 e. The maximum atomic E-state index is 12.5. The van der Waals surface area contributed by atoms with Crippen molar-refractivity contribution in [2.24, 2.45) is 4.99 Å². The summed E-state index contributed by atoms with van der Waals surface area (Å²) in [7, 11) is 1.46. The van der Waals surface area contributed by atoms with Gasteiger partial charge in [-0.3, -0.25) is 4.79 Å². The second kappa shape index (κ2) is 8.27. The number of rotatable bonds is 5. The zero-order valence-electron chi connectivity index (χ0n) is 17.0. The topological polar surface area (TPSA) is 100 Å². The van der Waals surface area contributed by atoms with Crippen LogP contribution in [0.2, 0.25) is 0 Å². The molecule has 0 amide bonds. The largest absolute Gasteiger partial charge is 0.493 e. The lowest BCUT2D eigenvalue weighted by molar-refractivity contribution is -0.132. The monoisotopic (exact) mass is 418 g/mol. The fraction of sp³-hybridized carbons (Fsp3) is 0.130. The van der Waals surface area contributed by atoms with Gasteiger partial charge in [-0.2, -0.15) is 0 Å². The Balaban J connectivity index is 1.70. The zero-order chi connectivity index (χ0) is 22.0. The Labute approximate surface area is 177 Å². The Morgan fingerprint density at radius 1 is 1.10 bits per heavy atom. The van der Waals surface area contributed by atoms with Crippen molar-refractivity contribution < 1.29 is 28.3 Å². The van der Waals surface area contributed by atoms with Crippen molar-refractivity contribution in [1.29, 1.82) is 0 Å². The van der Waals surface area contributed by atoms with Gasteiger partial charge in [0.1, 0.15) is 17.0 Å². The first-order chi connectivity index (χ1) is 15.0. The van der Waals surface area contributed by atoms with Crippen LogP contribution in [-0.4, -0.2) is 30.1 Å². The molecule has 2 heterocycles. The molecular weight excluding hydrogens is 400 g/mol. The first-order valence-corrected chi connectivity index (χ1v) is 9.37. The normalized spacial score (nSPS) is 14.4. The van der Waals surface area contributed by atoms with E-state index in [2.05, 4.69) is 10.1 Å². The number of cyclic esters (lactones) is 1. The fourth-order valence-electron chi connectivity index (χ4n) is 3.10. The van der Waals surface area contributed by atoms with Crippen LogP contribution in [0.1, 0.15) is 23.8 Å². The number of aryl methyl sites for hydroxylation is 1. The average Bonchev–Trinajstić information content (AvgIpc) is 3.31. The SMILES string of the molecule is COc1cc(/C=C2\N=C(c3c(-c4ccccc4)noc3C)OC2=O)ccc1OC(C)=O. The number of esters is 2. The fourth-order valence-corrected chi connectivity index (χ4v) is 3.10. The summed E-state index contributed by atoms with van der Waals surface area (Å²) in [4.78, 5) is 28.0. The van der Waals surface area contributed by atoms with Crippen LogP contribution in [0.15, 0.2) is 63.7 Å². The molecule has 1 aliphatic heterocycles. The average molecular weight is 418 g/mol. The van der Waals surface area contributed by atoms with Gasteiger partial charge in [0.2, 0.25) is 5.90 Å². The van der Waals surface area contributed by atoms with E-state index in [1.54, 1.807) is 31.2 Å². The molecule has 0 aliphatic carbocycles. The number of carbonyl (C=O) groups is 2. The summed E-state index contributed by atoms with van der Waals surface area (Å²) in [5.74, 6) is 0.176. The lowest BCUT2D eigenvalue weighted by Gasteiger charge is -2.08. The molecule has 8 heteroatoms. The smallest absolute Gasteiger partial charge is 0.363 e. The summed E-state index contributed by atoms with van der Waals surface area (Å²) in [6.45, 7) is 3.03. The van der Waals surface area contributed by atoms with E-state index in [9.17, 15) is 9.59 Å². The van der Waals surface area contributed by atoms with E-state index in [4.69, 9.17) is 18.7 Å². The molecule has 2 aromatic carbocycles. The van der Waals surface area contributed by atoms with Crippen LogP contribution in [0.3, 0.4) is 0 Å². The van der Waals surface area contributed by atoms with Crippen molar-refractivity contribution in [3.05, 3.63) is 71.1 Å². The number of hydrogen-bond acceptors (Lipinski definition) is 8. The van der Waals surface area contributed by atoms with Gasteiger partial charge in [0.15, 0.2) is 17.2 Å². The molecule has 0 spiro atoms. The molecule has 1 aromatic heterocycles. The molecule has 4 rings (SSSR count). The van der Waals surface area contributed by atoms with Crippen LogP contribution < -0.4 is 9.47 Å². The van der Waals surface area contributed by atoms with Gasteiger partial charge in [-0.25, -0.2) is 9.79 Å². The lowest BCUT2D eigenvalue weighted by atomic mass is 10.1. The van der Waals surface area contributed by atoms with E-state index in [0.717, 1.165) is 5.56 Å². The number of methoxy groups -OCH3 is 1. The molecule has 0 bridgehead atoms. The Kier molecular flexibility index (Phi) is 5.36. The summed E-state index contributed by atoms with van der Waals surface area (Å²) in [5.41, 5.74) is 2.60. The van der Waals surface area contributed by atoms with Gasteiger partial charge in [-0.15, -0.1) is 0 Å². The molecule has 0 N–H and O–H groups in total. The van der Waals surface area contributed by atoms with Gasteiger partial charge in [0.25, 0.3) is 0 Å². The molecule has 0 atom stereocenters. The van der Waals surface area contributed by atoms with Crippen LogP contribution >= 0.6 is 0 Å². The number of benzene rings is 2. The molecular formula is C23H18N2O6. The van der Waals surface area contributed by atoms with Crippen LogP contribution in [0, 0.1) is 6.92 Å². The van der Waals surface area contributed by atoms with E-state index in [-0.39, 0.29) is 17.3 Å². The number of hydrogen-bond donors (Lipinski definition) is 0. The molecule has 0 unspecified atom stereocenters. The third-order valence-corrected chi connectivity index (χ3v) is 4.49. The van der Waals surface area contributed by atoms with Crippen molar-refractivity contribution in [2.45, 2.75) is 13.8 Å².